The van der Waals surface area contributed by atoms with Crippen molar-refractivity contribution in [1.29, 1.82) is 0 Å². The van der Waals surface area contributed by atoms with Gasteiger partial charge in [0, 0.05) is 56.6 Å². The van der Waals surface area contributed by atoms with Crippen molar-refractivity contribution >= 4 is 35.2 Å². The van der Waals surface area contributed by atoms with E-state index in [1.54, 1.807) is 11.1 Å². The molecule has 5 rings (SSSR count). The summed E-state index contributed by atoms with van der Waals surface area (Å²) in [7, 11) is 0. The number of anilines is 2. The summed E-state index contributed by atoms with van der Waals surface area (Å²) >= 11 is 6.00. The lowest BCUT2D eigenvalue weighted by Crippen LogP contribution is -2.47. The highest BCUT2D eigenvalue weighted by atomic mass is 35.5. The Morgan fingerprint density at radius 1 is 1.00 bits per heavy atom. The number of halogens is 1. The molecule has 2 aliphatic rings. The van der Waals surface area contributed by atoms with Gasteiger partial charge in [-0.15, -0.1) is 0 Å². The summed E-state index contributed by atoms with van der Waals surface area (Å²) in [5, 5.41) is 11.2. The second-order valence-corrected chi connectivity index (χ2v) is 11.3. The van der Waals surface area contributed by atoms with Gasteiger partial charge < -0.3 is 24.8 Å². The Morgan fingerprint density at radius 2 is 1.69 bits per heavy atom. The molecule has 0 saturated carbocycles. The minimum Gasteiger partial charge on any atom is -0.444 e. The fourth-order valence-corrected chi connectivity index (χ4v) is 4.96. The van der Waals surface area contributed by atoms with Gasteiger partial charge in [-0.3, -0.25) is 9.89 Å². The molecule has 1 atom stereocenters. The summed E-state index contributed by atoms with van der Waals surface area (Å²) in [4.78, 5) is 35.9. The number of nitrogens with one attached hydrogen (secondary N) is 2. The summed E-state index contributed by atoms with van der Waals surface area (Å²) in [6.45, 7) is 9.73. The lowest BCUT2D eigenvalue weighted by molar-refractivity contribution is 0.0502. The second kappa shape index (κ2) is 11.1. The Morgan fingerprint density at radius 3 is 2.33 bits per heavy atom. The first kappa shape index (κ1) is 26.8. The number of H-pyrrole nitrogens is 1. The Kier molecular flexibility index (Phi) is 7.65. The zero-order valence-corrected chi connectivity index (χ0v) is 23.2. The van der Waals surface area contributed by atoms with Gasteiger partial charge in [-0.1, -0.05) is 23.7 Å². The number of piperazine rings is 1. The zero-order valence-electron chi connectivity index (χ0n) is 22.5. The number of likely N-dealkylation sites (tertiary alicyclic amines) is 1. The third-order valence-electron chi connectivity index (χ3n) is 6.84. The first-order valence-electron chi connectivity index (χ1n) is 13.2. The van der Waals surface area contributed by atoms with Gasteiger partial charge >= 0.3 is 6.09 Å². The highest BCUT2D eigenvalue weighted by Gasteiger charge is 2.30. The van der Waals surface area contributed by atoms with E-state index in [0.29, 0.717) is 30.1 Å². The number of pyridine rings is 1. The van der Waals surface area contributed by atoms with E-state index in [2.05, 4.69) is 36.4 Å². The molecule has 0 aliphatic carbocycles. The number of ether oxygens (including phenoxy) is 1. The number of rotatable bonds is 5. The molecule has 10 nitrogen and oxygen atoms in total. The van der Waals surface area contributed by atoms with Crippen LogP contribution in [0.1, 0.15) is 37.6 Å². The fraction of sp³-hybridized carbons (Fsp3) is 0.429. The lowest BCUT2D eigenvalue weighted by Gasteiger charge is -2.35. The van der Waals surface area contributed by atoms with E-state index in [4.69, 9.17) is 16.3 Å². The normalized spacial score (nSPS) is 17.8. The van der Waals surface area contributed by atoms with Crippen LogP contribution in [0, 0.1) is 0 Å². The lowest BCUT2D eigenvalue weighted by atomic mass is 10.1. The molecule has 39 heavy (non-hydrogen) atoms. The quantitative estimate of drug-likeness (QED) is 0.489. The van der Waals surface area contributed by atoms with Crippen LogP contribution in [0.3, 0.4) is 0 Å². The van der Waals surface area contributed by atoms with Crippen LogP contribution < -0.4 is 15.1 Å². The molecule has 2 fully saturated rings. The van der Waals surface area contributed by atoms with Gasteiger partial charge in [0.25, 0.3) is 5.91 Å². The SMILES string of the molecule is CC(C)(C)OC(=O)NC1CCN(C(=O)c2ccc(N3CCN(c4cc(-c5ccc(Cl)cc5)[nH]n4)CC3)nc2)C1. The molecule has 0 radical (unpaired) electrons. The highest BCUT2D eigenvalue weighted by molar-refractivity contribution is 6.30. The maximum Gasteiger partial charge on any atom is 0.407 e. The molecule has 11 heteroatoms. The van der Waals surface area contributed by atoms with Crippen molar-refractivity contribution in [1.82, 2.24) is 25.4 Å². The number of benzene rings is 1. The van der Waals surface area contributed by atoms with Crippen LogP contribution in [0.2, 0.25) is 5.02 Å². The minimum atomic E-state index is -0.557. The second-order valence-electron chi connectivity index (χ2n) is 10.9. The van der Waals surface area contributed by atoms with Crippen molar-refractivity contribution in [2.75, 3.05) is 49.1 Å². The summed E-state index contributed by atoms with van der Waals surface area (Å²) in [6, 6.07) is 13.4. The molecule has 2 N–H and O–H groups in total. The molecule has 2 amide bonds. The molecule has 1 aromatic carbocycles. The van der Waals surface area contributed by atoms with Gasteiger partial charge in [0.15, 0.2) is 5.82 Å². The third kappa shape index (κ3) is 6.62. The number of nitrogens with zero attached hydrogens (tertiary/aromatic N) is 5. The topological polar surface area (TPSA) is 107 Å². The Labute approximate surface area is 233 Å². The maximum absolute atomic E-state index is 13.0. The predicted molar refractivity (Wildman–Crippen MR) is 151 cm³/mol. The van der Waals surface area contributed by atoms with Crippen LogP contribution in [0.15, 0.2) is 48.7 Å². The monoisotopic (exact) mass is 551 g/mol. The van der Waals surface area contributed by atoms with Crippen molar-refractivity contribution in [2.45, 2.75) is 38.8 Å². The van der Waals surface area contributed by atoms with E-state index < -0.39 is 11.7 Å². The zero-order chi connectivity index (χ0) is 27.6. The molecule has 3 aromatic rings. The Hall–Kier alpha value is -3.79. The van der Waals surface area contributed by atoms with Crippen molar-refractivity contribution in [2.24, 2.45) is 0 Å². The smallest absolute Gasteiger partial charge is 0.407 e. The van der Waals surface area contributed by atoms with E-state index in [1.165, 1.54) is 0 Å². The molecule has 1 unspecified atom stereocenters. The summed E-state index contributed by atoms with van der Waals surface area (Å²) < 4.78 is 5.33. The average molecular weight is 552 g/mol. The summed E-state index contributed by atoms with van der Waals surface area (Å²) in [5.74, 6) is 1.68. The number of aromatic amines is 1. The number of hydrogen-bond donors (Lipinski definition) is 2. The fourth-order valence-electron chi connectivity index (χ4n) is 4.83. The van der Waals surface area contributed by atoms with Crippen LogP contribution in [-0.2, 0) is 4.74 Å². The van der Waals surface area contributed by atoms with Crippen LogP contribution in [0.25, 0.3) is 11.3 Å². The molecular weight excluding hydrogens is 518 g/mol. The van der Waals surface area contributed by atoms with Crippen molar-refractivity contribution < 1.29 is 14.3 Å². The largest absolute Gasteiger partial charge is 0.444 e. The number of carbonyl (C=O) groups is 2. The number of alkyl carbamates (subject to hydrolysis) is 1. The number of aromatic nitrogens is 3. The van der Waals surface area contributed by atoms with Gasteiger partial charge in [0.2, 0.25) is 0 Å². The van der Waals surface area contributed by atoms with Crippen LogP contribution in [0.4, 0.5) is 16.4 Å². The Bertz CT molecular complexity index is 1300. The summed E-state index contributed by atoms with van der Waals surface area (Å²) in [5.41, 5.74) is 1.98. The molecule has 2 aliphatic heterocycles. The van der Waals surface area contributed by atoms with E-state index in [1.807, 2.05) is 57.2 Å². The number of amides is 2. The molecular formula is C28H34ClN7O3. The van der Waals surface area contributed by atoms with E-state index in [0.717, 1.165) is 49.1 Å². The molecule has 4 heterocycles. The molecule has 0 bridgehead atoms. The van der Waals surface area contributed by atoms with E-state index in [-0.39, 0.29) is 11.9 Å². The van der Waals surface area contributed by atoms with Crippen LogP contribution in [-0.4, -0.2) is 83.0 Å². The van der Waals surface area contributed by atoms with E-state index in [9.17, 15) is 9.59 Å². The highest BCUT2D eigenvalue weighted by Crippen LogP contribution is 2.25. The summed E-state index contributed by atoms with van der Waals surface area (Å²) in [6.07, 6.45) is 1.88. The molecule has 206 valence electrons. The number of carbonyl (C=O) groups excluding carboxylic acids is 2. The third-order valence-corrected chi connectivity index (χ3v) is 7.09. The molecule has 0 spiro atoms. The van der Waals surface area contributed by atoms with Gasteiger partial charge in [-0.05, 0) is 57.0 Å². The van der Waals surface area contributed by atoms with Crippen molar-refractivity contribution in [3.8, 4) is 11.3 Å². The first-order valence-corrected chi connectivity index (χ1v) is 13.6. The van der Waals surface area contributed by atoms with Crippen LogP contribution >= 0.6 is 11.6 Å². The van der Waals surface area contributed by atoms with Crippen molar-refractivity contribution in [3.63, 3.8) is 0 Å². The molecule has 2 aromatic heterocycles. The van der Waals surface area contributed by atoms with E-state index >= 15 is 0 Å². The minimum absolute atomic E-state index is 0.0811. The van der Waals surface area contributed by atoms with Gasteiger partial charge in [0.1, 0.15) is 11.4 Å². The van der Waals surface area contributed by atoms with Gasteiger partial charge in [-0.2, -0.15) is 5.10 Å². The first-order chi connectivity index (χ1) is 18.6. The van der Waals surface area contributed by atoms with Crippen LogP contribution in [0.5, 0.6) is 0 Å². The van der Waals surface area contributed by atoms with Gasteiger partial charge in [0.05, 0.1) is 17.3 Å². The molecule has 2 saturated heterocycles. The van der Waals surface area contributed by atoms with Crippen molar-refractivity contribution in [3.05, 3.63) is 59.2 Å². The predicted octanol–water partition coefficient (Wildman–Crippen LogP) is 4.19. The number of hydrogen-bond acceptors (Lipinski definition) is 7. The maximum atomic E-state index is 13.0. The standard InChI is InChI=1S/C28H34ClN7O3/c1-28(2,3)39-27(38)31-22-10-11-36(18-22)26(37)20-6-9-24(30-17-20)34-12-14-35(15-13-34)25-16-23(32-33-25)19-4-7-21(29)8-5-19/h4-9,16-17,22H,10-15,18H2,1-3H3,(H,31,38)(H,32,33). The Balaban J connectivity index is 1.12. The van der Waals surface area contributed by atoms with Gasteiger partial charge in [-0.25, -0.2) is 9.78 Å². The average Bonchev–Trinajstić information content (AvgIpc) is 3.58.